The number of hydrogen-bond acceptors (Lipinski definition) is 2. The largest absolute Gasteiger partial charge is 0.370 e. The molecule has 1 aliphatic heterocycles. The van der Waals surface area contributed by atoms with Crippen LogP contribution in [0.5, 0.6) is 0 Å². The average Bonchev–Trinajstić information content (AvgIpc) is 1.94. The van der Waals surface area contributed by atoms with Crippen LogP contribution in [0.25, 0.3) is 0 Å². The van der Waals surface area contributed by atoms with Gasteiger partial charge in [-0.1, -0.05) is 6.08 Å². The predicted molar refractivity (Wildman–Crippen MR) is 38.8 cm³/mol. The van der Waals surface area contributed by atoms with E-state index in [2.05, 4.69) is 6.58 Å². The molecule has 1 saturated heterocycles. The van der Waals surface area contributed by atoms with Crippen molar-refractivity contribution in [2.45, 2.75) is 25.4 Å². The first-order chi connectivity index (χ1) is 4.84. The molecule has 0 aromatic carbocycles. The molecule has 2 heteroatoms. The number of carbonyl (C=O) groups excluding carboxylic acids is 1. The highest BCUT2D eigenvalue weighted by Gasteiger charge is 2.20. The van der Waals surface area contributed by atoms with Gasteiger partial charge in [-0.2, -0.15) is 0 Å². The Balaban J connectivity index is 2.39. The SMILES string of the molecule is C=CCC1OCCCC1=O. The first-order valence-electron chi connectivity index (χ1n) is 3.60. The van der Waals surface area contributed by atoms with Gasteiger partial charge >= 0.3 is 0 Å². The van der Waals surface area contributed by atoms with E-state index in [1.807, 2.05) is 0 Å². The van der Waals surface area contributed by atoms with Crippen LogP contribution in [0.15, 0.2) is 12.7 Å². The van der Waals surface area contributed by atoms with Crippen molar-refractivity contribution in [2.24, 2.45) is 0 Å². The first-order valence-corrected chi connectivity index (χ1v) is 3.60. The molecule has 0 spiro atoms. The van der Waals surface area contributed by atoms with Crippen LogP contribution in [-0.2, 0) is 9.53 Å². The van der Waals surface area contributed by atoms with Crippen LogP contribution in [0, 0.1) is 0 Å². The predicted octanol–water partition coefficient (Wildman–Crippen LogP) is 1.31. The van der Waals surface area contributed by atoms with Crippen LogP contribution in [0.3, 0.4) is 0 Å². The van der Waals surface area contributed by atoms with Crippen LogP contribution in [0.4, 0.5) is 0 Å². The Morgan fingerprint density at radius 2 is 2.60 bits per heavy atom. The van der Waals surface area contributed by atoms with E-state index in [1.54, 1.807) is 6.08 Å². The summed E-state index contributed by atoms with van der Waals surface area (Å²) >= 11 is 0. The van der Waals surface area contributed by atoms with Gasteiger partial charge in [0.15, 0.2) is 5.78 Å². The van der Waals surface area contributed by atoms with E-state index < -0.39 is 0 Å². The van der Waals surface area contributed by atoms with Crippen molar-refractivity contribution < 1.29 is 9.53 Å². The van der Waals surface area contributed by atoms with Gasteiger partial charge in [-0.05, 0) is 12.8 Å². The Hall–Kier alpha value is -0.630. The van der Waals surface area contributed by atoms with Gasteiger partial charge in [0.05, 0.1) is 0 Å². The molecule has 10 heavy (non-hydrogen) atoms. The number of rotatable bonds is 2. The normalized spacial score (nSPS) is 26.4. The van der Waals surface area contributed by atoms with Crippen LogP contribution in [0.1, 0.15) is 19.3 Å². The fraction of sp³-hybridized carbons (Fsp3) is 0.625. The summed E-state index contributed by atoms with van der Waals surface area (Å²) in [4.78, 5) is 11.0. The molecule has 0 saturated carbocycles. The van der Waals surface area contributed by atoms with Gasteiger partial charge in [0.1, 0.15) is 6.10 Å². The summed E-state index contributed by atoms with van der Waals surface area (Å²) in [6.45, 7) is 4.28. The van der Waals surface area contributed by atoms with Crippen molar-refractivity contribution in [2.75, 3.05) is 6.61 Å². The van der Waals surface area contributed by atoms with E-state index >= 15 is 0 Å². The second kappa shape index (κ2) is 3.52. The van der Waals surface area contributed by atoms with Crippen molar-refractivity contribution in [3.8, 4) is 0 Å². The van der Waals surface area contributed by atoms with Crippen LogP contribution >= 0.6 is 0 Å². The lowest BCUT2D eigenvalue weighted by Gasteiger charge is -2.19. The van der Waals surface area contributed by atoms with E-state index in [4.69, 9.17) is 4.74 Å². The maximum absolute atomic E-state index is 11.0. The zero-order valence-corrected chi connectivity index (χ0v) is 6.01. The summed E-state index contributed by atoms with van der Waals surface area (Å²) in [5, 5.41) is 0. The molecule has 1 unspecified atom stereocenters. The fourth-order valence-corrected chi connectivity index (χ4v) is 1.08. The maximum atomic E-state index is 11.0. The van der Waals surface area contributed by atoms with Gasteiger partial charge in [0.2, 0.25) is 0 Å². The average molecular weight is 140 g/mol. The molecule has 0 aromatic rings. The summed E-state index contributed by atoms with van der Waals surface area (Å²) in [5.74, 6) is 0.228. The molecule has 0 bridgehead atoms. The van der Waals surface area contributed by atoms with E-state index in [1.165, 1.54) is 0 Å². The molecular formula is C8H12O2. The van der Waals surface area contributed by atoms with Crippen LogP contribution < -0.4 is 0 Å². The molecule has 1 fully saturated rings. The number of hydrogen-bond donors (Lipinski definition) is 0. The quantitative estimate of drug-likeness (QED) is 0.540. The van der Waals surface area contributed by atoms with Crippen molar-refractivity contribution in [3.05, 3.63) is 12.7 Å². The highest BCUT2D eigenvalue weighted by atomic mass is 16.5. The van der Waals surface area contributed by atoms with Gasteiger partial charge in [-0.25, -0.2) is 0 Å². The van der Waals surface area contributed by atoms with Gasteiger partial charge < -0.3 is 4.74 Å². The van der Waals surface area contributed by atoms with Crippen molar-refractivity contribution in [1.29, 1.82) is 0 Å². The molecule has 1 aliphatic rings. The molecule has 1 rings (SSSR count). The lowest BCUT2D eigenvalue weighted by Crippen LogP contribution is -2.28. The standard InChI is InChI=1S/C8H12O2/c1-2-4-8-7(9)5-3-6-10-8/h2,8H,1,3-6H2. The van der Waals surface area contributed by atoms with E-state index in [0.717, 1.165) is 13.0 Å². The third-order valence-electron chi connectivity index (χ3n) is 1.63. The van der Waals surface area contributed by atoms with Gasteiger partial charge in [-0.3, -0.25) is 4.79 Å². The minimum atomic E-state index is -0.189. The molecule has 1 heterocycles. The third-order valence-corrected chi connectivity index (χ3v) is 1.63. The Morgan fingerprint density at radius 3 is 3.20 bits per heavy atom. The second-order valence-corrected chi connectivity index (χ2v) is 2.45. The molecule has 56 valence electrons. The lowest BCUT2D eigenvalue weighted by atomic mass is 10.1. The maximum Gasteiger partial charge on any atom is 0.161 e. The number of ether oxygens (including phenoxy) is 1. The topological polar surface area (TPSA) is 26.3 Å². The summed E-state index contributed by atoms with van der Waals surface area (Å²) in [5.41, 5.74) is 0. The smallest absolute Gasteiger partial charge is 0.161 e. The number of ketones is 1. The number of Topliss-reactive ketones (excluding diaryl/α,β-unsaturated/α-hetero) is 1. The molecule has 0 aliphatic carbocycles. The Kier molecular flexibility index (Phi) is 2.63. The van der Waals surface area contributed by atoms with E-state index in [0.29, 0.717) is 12.8 Å². The Labute approximate surface area is 60.9 Å². The minimum absolute atomic E-state index is 0.189. The molecule has 0 aromatic heterocycles. The molecule has 2 nitrogen and oxygen atoms in total. The second-order valence-electron chi connectivity index (χ2n) is 2.45. The van der Waals surface area contributed by atoms with Gasteiger partial charge in [-0.15, -0.1) is 6.58 Å². The van der Waals surface area contributed by atoms with Gasteiger partial charge in [0.25, 0.3) is 0 Å². The summed E-state index contributed by atoms with van der Waals surface area (Å²) in [6, 6.07) is 0. The van der Waals surface area contributed by atoms with Crippen molar-refractivity contribution >= 4 is 5.78 Å². The summed E-state index contributed by atoms with van der Waals surface area (Å²) in [6.07, 6.45) is 3.77. The minimum Gasteiger partial charge on any atom is -0.370 e. The van der Waals surface area contributed by atoms with Crippen LogP contribution in [0.2, 0.25) is 0 Å². The highest BCUT2D eigenvalue weighted by molar-refractivity contribution is 5.83. The zero-order valence-electron chi connectivity index (χ0n) is 6.01. The molecule has 0 amide bonds. The monoisotopic (exact) mass is 140 g/mol. The third kappa shape index (κ3) is 1.67. The fourth-order valence-electron chi connectivity index (χ4n) is 1.08. The van der Waals surface area contributed by atoms with Crippen molar-refractivity contribution in [1.82, 2.24) is 0 Å². The van der Waals surface area contributed by atoms with Crippen molar-refractivity contribution in [3.63, 3.8) is 0 Å². The van der Waals surface area contributed by atoms with E-state index in [-0.39, 0.29) is 11.9 Å². The molecular weight excluding hydrogens is 128 g/mol. The molecule has 0 N–H and O–H groups in total. The summed E-state index contributed by atoms with van der Waals surface area (Å²) in [7, 11) is 0. The molecule has 0 radical (unpaired) electrons. The Bertz CT molecular complexity index is 140. The van der Waals surface area contributed by atoms with E-state index in [9.17, 15) is 4.79 Å². The summed E-state index contributed by atoms with van der Waals surface area (Å²) < 4.78 is 5.21. The lowest BCUT2D eigenvalue weighted by molar-refractivity contribution is -0.135. The van der Waals surface area contributed by atoms with Gasteiger partial charge in [0, 0.05) is 13.0 Å². The van der Waals surface area contributed by atoms with Crippen LogP contribution in [-0.4, -0.2) is 18.5 Å². The number of carbonyl (C=O) groups is 1. The highest BCUT2D eigenvalue weighted by Crippen LogP contribution is 2.11. The Morgan fingerprint density at radius 1 is 1.80 bits per heavy atom. The zero-order chi connectivity index (χ0) is 7.40. The first kappa shape index (κ1) is 7.48. The molecule has 1 atom stereocenters.